The average Bonchev–Trinajstić information content (AvgIpc) is 3.34. The Morgan fingerprint density at radius 2 is 0.667 bits per heavy atom. The molecular formula is C52H92N14. The van der Waals surface area contributed by atoms with Crippen molar-refractivity contribution in [3.8, 4) is 0 Å². The summed E-state index contributed by atoms with van der Waals surface area (Å²) in [6.07, 6.45) is 9.02. The maximum absolute atomic E-state index is 4.36. The molecule has 0 radical (unpaired) electrons. The quantitative estimate of drug-likeness (QED) is 0.145. The molecule has 66 heavy (non-hydrogen) atoms. The van der Waals surface area contributed by atoms with E-state index in [1.165, 1.54) is 60.8 Å². The standard InChI is InChI=1S/C28H54N8.C24H38N6/c1-9-29-15-17-31-13-3-21-35(23-19-33-11-1)25-27-5-7-28(8-6-27)26-36-22-4-14-32-18-16-30-10-2-12-34-20-24-36;1-2-13-29-24(5-1)20-28-19-22-6-8-23(9-7-22)21-30-17-4-12-26-15-14-25-10-3-11-27-16-18-30/h5-8,29-34H,1-4,9-26H2;1-2,5-9,13,25-28H,3-4,10-12,14-21H2. The second kappa shape index (κ2) is 37.0. The van der Waals surface area contributed by atoms with E-state index in [1.807, 2.05) is 18.3 Å². The Balaban J connectivity index is 0.000000251. The van der Waals surface area contributed by atoms with Gasteiger partial charge >= 0.3 is 0 Å². The van der Waals surface area contributed by atoms with E-state index >= 15 is 0 Å². The number of benzene rings is 2. The van der Waals surface area contributed by atoms with Gasteiger partial charge in [-0.05, 0) is 151 Å². The SMILES string of the molecule is c1cc(CN2CCCNCCNCCCNCC2)ccc1CN1CCCNCCNCCCNCC1.c1ccc(CNCc2ccc(CN3CCCNCCNCCCNCC3)cc2)nc1. The minimum Gasteiger partial charge on any atom is -0.315 e. The van der Waals surface area contributed by atoms with Gasteiger partial charge in [0.2, 0.25) is 0 Å². The second-order valence-corrected chi connectivity index (χ2v) is 18.3. The van der Waals surface area contributed by atoms with E-state index in [0.29, 0.717) is 0 Å². The lowest BCUT2D eigenvalue weighted by atomic mass is 10.1. The minimum absolute atomic E-state index is 0.799. The Labute approximate surface area is 400 Å². The smallest absolute Gasteiger partial charge is 0.0541 e. The molecule has 3 aliphatic heterocycles. The first-order valence-electron chi connectivity index (χ1n) is 26.1. The molecule has 2 aromatic carbocycles. The van der Waals surface area contributed by atoms with Crippen molar-refractivity contribution in [3.63, 3.8) is 0 Å². The number of hydrogen-bond donors (Lipinski definition) is 10. The summed E-state index contributed by atoms with van der Waals surface area (Å²) in [5, 5.41) is 35.5. The minimum atomic E-state index is 0.799. The molecule has 6 rings (SSSR count). The maximum atomic E-state index is 4.36. The predicted molar refractivity (Wildman–Crippen MR) is 277 cm³/mol. The van der Waals surface area contributed by atoms with Crippen LogP contribution in [0.15, 0.2) is 72.9 Å². The second-order valence-electron chi connectivity index (χ2n) is 18.3. The van der Waals surface area contributed by atoms with Crippen LogP contribution in [0.5, 0.6) is 0 Å². The van der Waals surface area contributed by atoms with Crippen molar-refractivity contribution in [2.45, 2.75) is 71.2 Å². The van der Waals surface area contributed by atoms with E-state index in [1.54, 1.807) is 0 Å². The molecule has 0 aliphatic carbocycles. The van der Waals surface area contributed by atoms with Crippen LogP contribution >= 0.6 is 0 Å². The lowest BCUT2D eigenvalue weighted by Crippen LogP contribution is -2.36. The van der Waals surface area contributed by atoms with Gasteiger partial charge in [-0.1, -0.05) is 54.6 Å². The number of aromatic nitrogens is 1. The molecule has 0 bridgehead atoms. The molecular weight excluding hydrogens is 821 g/mol. The highest BCUT2D eigenvalue weighted by Gasteiger charge is 2.11. The fourth-order valence-corrected chi connectivity index (χ4v) is 8.60. The number of rotatable bonds is 10. The molecule has 0 unspecified atom stereocenters. The van der Waals surface area contributed by atoms with Crippen LogP contribution in [-0.2, 0) is 32.7 Å². The van der Waals surface area contributed by atoms with Gasteiger partial charge in [0.15, 0.2) is 0 Å². The Morgan fingerprint density at radius 3 is 1.02 bits per heavy atom. The monoisotopic (exact) mass is 913 g/mol. The first-order chi connectivity index (χ1) is 32.8. The molecule has 14 nitrogen and oxygen atoms in total. The molecule has 3 aromatic rings. The topological polar surface area (TPSA) is 143 Å². The summed E-state index contributed by atoms with van der Waals surface area (Å²) in [5.74, 6) is 0. The number of hydrogen-bond acceptors (Lipinski definition) is 14. The molecule has 3 aliphatic rings. The Kier molecular flexibility index (Phi) is 30.3. The number of nitrogens with zero attached hydrogens (tertiary/aromatic N) is 4. The lowest BCUT2D eigenvalue weighted by Gasteiger charge is -2.24. The van der Waals surface area contributed by atoms with Gasteiger partial charge in [0.05, 0.1) is 5.69 Å². The fourth-order valence-electron chi connectivity index (χ4n) is 8.60. The molecule has 0 atom stereocenters. The summed E-state index contributed by atoms with van der Waals surface area (Å²) in [4.78, 5) is 12.2. The van der Waals surface area contributed by atoms with Gasteiger partial charge in [0, 0.05) is 117 Å². The average molecular weight is 913 g/mol. The van der Waals surface area contributed by atoms with Gasteiger partial charge in [-0.15, -0.1) is 0 Å². The van der Waals surface area contributed by atoms with Gasteiger partial charge < -0.3 is 53.2 Å². The first kappa shape index (κ1) is 54.0. The van der Waals surface area contributed by atoms with E-state index in [9.17, 15) is 0 Å². The van der Waals surface area contributed by atoms with E-state index in [4.69, 9.17) is 0 Å². The van der Waals surface area contributed by atoms with Crippen LogP contribution in [0.2, 0.25) is 0 Å². The van der Waals surface area contributed by atoms with Crippen LogP contribution in [0.1, 0.15) is 66.5 Å². The van der Waals surface area contributed by atoms with Crippen molar-refractivity contribution >= 4 is 0 Å². The van der Waals surface area contributed by atoms with Gasteiger partial charge in [-0.25, -0.2) is 0 Å². The van der Waals surface area contributed by atoms with Crippen molar-refractivity contribution in [2.24, 2.45) is 0 Å². The highest BCUT2D eigenvalue weighted by molar-refractivity contribution is 5.23. The maximum Gasteiger partial charge on any atom is 0.0541 e. The van der Waals surface area contributed by atoms with E-state index in [0.717, 1.165) is 195 Å². The van der Waals surface area contributed by atoms with Crippen LogP contribution in [0, 0.1) is 0 Å². The van der Waals surface area contributed by atoms with Gasteiger partial charge in [-0.3, -0.25) is 19.7 Å². The van der Waals surface area contributed by atoms with Gasteiger partial charge in [0.25, 0.3) is 0 Å². The fraction of sp³-hybridized carbons (Fsp3) is 0.673. The summed E-state index contributed by atoms with van der Waals surface area (Å²) >= 11 is 0. The van der Waals surface area contributed by atoms with Crippen LogP contribution in [0.25, 0.3) is 0 Å². The molecule has 0 amide bonds. The van der Waals surface area contributed by atoms with Crippen LogP contribution < -0.4 is 53.2 Å². The zero-order chi connectivity index (χ0) is 45.6. The van der Waals surface area contributed by atoms with Crippen molar-refractivity contribution in [3.05, 3.63) is 101 Å². The summed E-state index contributed by atoms with van der Waals surface area (Å²) in [6, 6.07) is 24.5. The lowest BCUT2D eigenvalue weighted by molar-refractivity contribution is 0.258. The van der Waals surface area contributed by atoms with Crippen LogP contribution in [0.3, 0.4) is 0 Å². The molecule has 4 heterocycles. The Hall–Kier alpha value is -2.93. The number of pyridine rings is 1. The van der Waals surface area contributed by atoms with Crippen LogP contribution in [-0.4, -0.2) is 177 Å². The number of nitrogens with one attached hydrogen (secondary N) is 10. The normalized spacial score (nSPS) is 20.7. The Morgan fingerprint density at radius 1 is 0.333 bits per heavy atom. The first-order valence-corrected chi connectivity index (χ1v) is 26.1. The summed E-state index contributed by atoms with van der Waals surface area (Å²) in [5.41, 5.74) is 6.64. The van der Waals surface area contributed by atoms with Gasteiger partial charge in [-0.2, -0.15) is 0 Å². The molecule has 10 N–H and O–H groups in total. The van der Waals surface area contributed by atoms with E-state index < -0.39 is 0 Å². The largest absolute Gasteiger partial charge is 0.315 e. The third-order valence-electron chi connectivity index (χ3n) is 12.5. The highest BCUT2D eigenvalue weighted by Crippen LogP contribution is 2.12. The third kappa shape index (κ3) is 26.6. The van der Waals surface area contributed by atoms with E-state index in [2.05, 4.69) is 127 Å². The summed E-state index contributed by atoms with van der Waals surface area (Å²) in [6.45, 7) is 31.0. The summed E-state index contributed by atoms with van der Waals surface area (Å²) < 4.78 is 0. The van der Waals surface area contributed by atoms with Crippen molar-refractivity contribution < 1.29 is 0 Å². The van der Waals surface area contributed by atoms with Crippen molar-refractivity contribution in [1.82, 2.24) is 72.9 Å². The zero-order valence-electron chi connectivity index (χ0n) is 41.0. The van der Waals surface area contributed by atoms with Crippen molar-refractivity contribution in [1.29, 1.82) is 0 Å². The van der Waals surface area contributed by atoms with Crippen LogP contribution in [0.4, 0.5) is 0 Å². The van der Waals surface area contributed by atoms with E-state index in [-0.39, 0.29) is 0 Å². The molecule has 0 spiro atoms. The molecule has 3 fully saturated rings. The molecule has 3 saturated heterocycles. The predicted octanol–water partition coefficient (Wildman–Crippen LogP) is 2.15. The van der Waals surface area contributed by atoms with Gasteiger partial charge in [0.1, 0.15) is 0 Å². The summed E-state index contributed by atoms with van der Waals surface area (Å²) in [7, 11) is 0. The molecule has 370 valence electrons. The molecule has 14 heteroatoms. The molecule has 0 saturated carbocycles. The van der Waals surface area contributed by atoms with Crippen molar-refractivity contribution in [2.75, 3.05) is 157 Å². The zero-order valence-corrected chi connectivity index (χ0v) is 41.0. The molecule has 1 aromatic heterocycles. The Bertz CT molecular complexity index is 1450. The highest BCUT2D eigenvalue weighted by atomic mass is 15.2. The third-order valence-corrected chi connectivity index (χ3v) is 12.5.